The maximum Gasteiger partial charge on any atom is 0.323 e. The fraction of sp³-hybridized carbons (Fsp3) is 0.738. The minimum Gasteiger partial charge on any atom is -0.481 e. The first-order valence-electron chi connectivity index (χ1n) is 20.1. The van der Waals surface area contributed by atoms with Crippen LogP contribution in [0.1, 0.15) is 155 Å². The first-order valence-corrected chi connectivity index (χ1v) is 21.2. The van der Waals surface area contributed by atoms with Gasteiger partial charge in [-0.3, -0.25) is 14.4 Å². The quantitative estimate of drug-likeness (QED) is 0.0211. The van der Waals surface area contributed by atoms with Gasteiger partial charge in [-0.05, 0) is 38.5 Å². The Morgan fingerprint density at radius 3 is 1.88 bits per heavy atom. The largest absolute Gasteiger partial charge is 0.481 e. The van der Waals surface area contributed by atoms with Gasteiger partial charge in [0, 0.05) is 23.8 Å². The predicted molar refractivity (Wildman–Crippen MR) is 215 cm³/mol. The molecule has 0 fully saturated rings. The molecule has 0 heterocycles. The molecule has 0 aromatic carbocycles. The Hall–Kier alpha value is -2.40. The molecule has 300 valence electrons. The minimum atomic E-state index is -1.16. The van der Waals surface area contributed by atoms with Crippen LogP contribution in [0.2, 0.25) is 0 Å². The van der Waals surface area contributed by atoms with E-state index in [1.807, 2.05) is 30.4 Å². The molecule has 0 aliphatic carbocycles. The van der Waals surface area contributed by atoms with E-state index in [2.05, 4.69) is 32.1 Å². The molecule has 0 unspecified atom stereocenters. The van der Waals surface area contributed by atoms with Gasteiger partial charge in [0.15, 0.2) is 0 Å². The monoisotopic (exact) mass is 752 g/mol. The molecule has 5 N–H and O–H groups in total. The van der Waals surface area contributed by atoms with Crippen molar-refractivity contribution in [3.8, 4) is 0 Å². The lowest BCUT2D eigenvalue weighted by atomic mass is 10.0. The number of carbonyl (C=O) groups excluding carboxylic acids is 2. The number of hydrogen-bond acceptors (Lipinski definition) is 9. The van der Waals surface area contributed by atoms with Crippen molar-refractivity contribution in [2.45, 2.75) is 179 Å². The normalized spacial score (nSPS) is 14.4. The molecule has 0 spiro atoms. The number of nitrogens with two attached hydrogens (primary N) is 1. The van der Waals surface area contributed by atoms with Crippen molar-refractivity contribution in [1.82, 2.24) is 0 Å². The standard InChI is InChI=1S/C42H73NO8S/c1-3-5-7-9-11-13-15-17-19-21-23-25-27-32-41(48)50-33-36(44)34-51-42(49)37(43)35-52-39(38(45)29-28-31-40(46)47)30-26-24-22-20-18-16-14-12-10-8-6-4-2/h12,14,18,20,22,24,26,30,36-39,44-45H,3-11,13,15-17,19,21,23,25,27-29,31-35,43H2,1-2H3,(H,46,47)/b14-12-,20-18-,24-22+,30-26+/t36-,37-,38-,39+/m0/s1. The van der Waals surface area contributed by atoms with Gasteiger partial charge in [0.05, 0.1) is 6.10 Å². The molecule has 4 atom stereocenters. The molecule has 0 rings (SSSR count). The SMILES string of the molecule is CCCCC/C=C\C\C=C/C=C/C=C/[C@@H](SC[C@H](N)C(=O)OC[C@@H](O)COC(=O)CCCCCCCCCCCCCCC)[C@@H](O)CCCC(=O)O. The van der Waals surface area contributed by atoms with E-state index in [-0.39, 0.29) is 37.8 Å². The third-order valence-corrected chi connectivity index (χ3v) is 9.97. The Bertz CT molecular complexity index is 998. The van der Waals surface area contributed by atoms with Crippen LogP contribution in [0.15, 0.2) is 48.6 Å². The van der Waals surface area contributed by atoms with Crippen molar-refractivity contribution < 1.29 is 39.2 Å². The van der Waals surface area contributed by atoms with E-state index in [0.717, 1.165) is 32.1 Å². The number of ether oxygens (including phenoxy) is 2. The number of allylic oxidation sites excluding steroid dienone is 7. The second-order valence-corrected chi connectivity index (χ2v) is 14.8. The molecular weight excluding hydrogens is 679 g/mol. The van der Waals surface area contributed by atoms with Crippen LogP contribution in [-0.4, -0.2) is 75.7 Å². The fourth-order valence-electron chi connectivity index (χ4n) is 5.35. The lowest BCUT2D eigenvalue weighted by molar-refractivity contribution is -0.153. The average molecular weight is 752 g/mol. The van der Waals surface area contributed by atoms with Crippen LogP contribution in [0, 0.1) is 0 Å². The Morgan fingerprint density at radius 2 is 1.25 bits per heavy atom. The number of aliphatic hydroxyl groups is 2. The first kappa shape index (κ1) is 49.6. The summed E-state index contributed by atoms with van der Waals surface area (Å²) in [7, 11) is 0. The summed E-state index contributed by atoms with van der Waals surface area (Å²) in [6.07, 6.45) is 36.2. The Balaban J connectivity index is 4.38. The number of aliphatic hydroxyl groups excluding tert-OH is 2. The summed E-state index contributed by atoms with van der Waals surface area (Å²) >= 11 is 1.27. The molecule has 52 heavy (non-hydrogen) atoms. The highest BCUT2D eigenvalue weighted by atomic mass is 32.2. The number of carboxylic acids is 1. The average Bonchev–Trinajstić information content (AvgIpc) is 3.12. The van der Waals surface area contributed by atoms with Gasteiger partial charge in [0.25, 0.3) is 0 Å². The van der Waals surface area contributed by atoms with E-state index in [1.165, 1.54) is 95.2 Å². The molecule has 0 radical (unpaired) electrons. The molecule has 0 aromatic rings. The number of rotatable bonds is 36. The van der Waals surface area contributed by atoms with Crippen molar-refractivity contribution in [3.05, 3.63) is 48.6 Å². The summed E-state index contributed by atoms with van der Waals surface area (Å²) in [5.74, 6) is -1.87. The number of carbonyl (C=O) groups is 3. The summed E-state index contributed by atoms with van der Waals surface area (Å²) in [6.45, 7) is 3.82. The third-order valence-electron chi connectivity index (χ3n) is 8.56. The van der Waals surface area contributed by atoms with Gasteiger partial charge >= 0.3 is 17.9 Å². The highest BCUT2D eigenvalue weighted by molar-refractivity contribution is 8.00. The van der Waals surface area contributed by atoms with Crippen LogP contribution in [0.25, 0.3) is 0 Å². The molecule has 9 nitrogen and oxygen atoms in total. The molecule has 0 aliphatic rings. The second kappa shape index (κ2) is 36.9. The van der Waals surface area contributed by atoms with Crippen LogP contribution in [0.5, 0.6) is 0 Å². The lowest BCUT2D eigenvalue weighted by Gasteiger charge is -2.21. The summed E-state index contributed by atoms with van der Waals surface area (Å²) in [6, 6.07) is -1.01. The third kappa shape index (κ3) is 33.4. The Kier molecular flexibility index (Phi) is 35.2. The Labute approximate surface area is 320 Å². The van der Waals surface area contributed by atoms with Gasteiger partial charge in [-0.1, -0.05) is 152 Å². The fourth-order valence-corrected chi connectivity index (χ4v) is 6.48. The minimum absolute atomic E-state index is 0.0428. The highest BCUT2D eigenvalue weighted by Gasteiger charge is 2.23. The van der Waals surface area contributed by atoms with Crippen molar-refractivity contribution in [2.24, 2.45) is 5.73 Å². The van der Waals surface area contributed by atoms with E-state index in [4.69, 9.17) is 20.3 Å². The lowest BCUT2D eigenvalue weighted by Crippen LogP contribution is -2.38. The van der Waals surface area contributed by atoms with E-state index < -0.39 is 35.4 Å². The topological polar surface area (TPSA) is 156 Å². The Morgan fingerprint density at radius 1 is 0.673 bits per heavy atom. The number of unbranched alkanes of at least 4 members (excludes halogenated alkanes) is 15. The van der Waals surface area contributed by atoms with Gasteiger partial charge in [0.1, 0.15) is 25.4 Å². The molecule has 0 saturated heterocycles. The molecule has 0 aromatic heterocycles. The van der Waals surface area contributed by atoms with Crippen molar-refractivity contribution in [3.63, 3.8) is 0 Å². The van der Waals surface area contributed by atoms with Gasteiger partial charge in [-0.2, -0.15) is 0 Å². The molecular formula is C42H73NO8S. The van der Waals surface area contributed by atoms with Crippen molar-refractivity contribution >= 4 is 29.7 Å². The number of esters is 2. The number of carboxylic acid groups (broad SMARTS) is 1. The van der Waals surface area contributed by atoms with E-state index in [0.29, 0.717) is 12.8 Å². The van der Waals surface area contributed by atoms with Crippen LogP contribution >= 0.6 is 11.8 Å². The van der Waals surface area contributed by atoms with E-state index >= 15 is 0 Å². The molecule has 0 amide bonds. The van der Waals surface area contributed by atoms with E-state index in [1.54, 1.807) is 0 Å². The van der Waals surface area contributed by atoms with Gasteiger partial charge in [-0.15, -0.1) is 11.8 Å². The zero-order chi connectivity index (χ0) is 38.5. The number of hydrogen-bond donors (Lipinski definition) is 4. The first-order chi connectivity index (χ1) is 25.2. The number of aliphatic carboxylic acids is 1. The second-order valence-electron chi connectivity index (χ2n) is 13.6. The smallest absolute Gasteiger partial charge is 0.323 e. The number of thioether (sulfide) groups is 1. The van der Waals surface area contributed by atoms with Crippen LogP contribution in [0.4, 0.5) is 0 Å². The van der Waals surface area contributed by atoms with Gasteiger partial charge < -0.3 is 30.5 Å². The zero-order valence-electron chi connectivity index (χ0n) is 32.5. The van der Waals surface area contributed by atoms with Gasteiger partial charge in [0.2, 0.25) is 0 Å². The zero-order valence-corrected chi connectivity index (χ0v) is 33.3. The van der Waals surface area contributed by atoms with Crippen molar-refractivity contribution in [2.75, 3.05) is 19.0 Å². The maximum absolute atomic E-state index is 12.5. The summed E-state index contributed by atoms with van der Waals surface area (Å²) in [5.41, 5.74) is 6.05. The highest BCUT2D eigenvalue weighted by Crippen LogP contribution is 2.21. The van der Waals surface area contributed by atoms with Gasteiger partial charge in [-0.25, -0.2) is 0 Å². The molecule has 0 aliphatic heterocycles. The summed E-state index contributed by atoms with van der Waals surface area (Å²) in [4.78, 5) is 35.5. The molecule has 0 saturated carbocycles. The molecule has 0 bridgehead atoms. The molecule has 10 heteroatoms. The summed E-state index contributed by atoms with van der Waals surface area (Å²) < 4.78 is 10.3. The predicted octanol–water partition coefficient (Wildman–Crippen LogP) is 9.16. The van der Waals surface area contributed by atoms with Crippen LogP contribution < -0.4 is 5.73 Å². The van der Waals surface area contributed by atoms with Crippen LogP contribution in [0.3, 0.4) is 0 Å². The summed E-state index contributed by atoms with van der Waals surface area (Å²) in [5, 5.41) is 29.4. The van der Waals surface area contributed by atoms with Crippen LogP contribution in [-0.2, 0) is 23.9 Å². The maximum atomic E-state index is 12.5. The van der Waals surface area contributed by atoms with Crippen molar-refractivity contribution in [1.29, 1.82) is 0 Å². The van der Waals surface area contributed by atoms with E-state index in [9.17, 15) is 24.6 Å².